The van der Waals surface area contributed by atoms with Crippen molar-refractivity contribution in [2.24, 2.45) is 0 Å². The molecule has 1 aromatic carbocycles. The monoisotopic (exact) mass is 371 g/mol. The number of benzene rings is 1. The van der Waals surface area contributed by atoms with Crippen molar-refractivity contribution in [3.63, 3.8) is 0 Å². The number of carbonyl (C=O) groups is 2. The number of halogens is 2. The Labute approximate surface area is 152 Å². The second-order valence-electron chi connectivity index (χ2n) is 6.29. The van der Waals surface area contributed by atoms with Gasteiger partial charge in [-0.25, -0.2) is 4.79 Å². The molecule has 7 heteroatoms. The standard InChI is InChI=1S/C17H23Cl2N3O2/c1-11(2)22(14-6-8-21(9-7-14)12(3)23)17(24)20-16-10-13(18)4-5-15(16)19/h4-5,10-11,14H,6-9H2,1-3H3,(H,20,24). The summed E-state index contributed by atoms with van der Waals surface area (Å²) < 4.78 is 0. The molecule has 132 valence electrons. The number of hydrogen-bond acceptors (Lipinski definition) is 2. The van der Waals surface area contributed by atoms with Gasteiger partial charge in [0.1, 0.15) is 0 Å². The van der Waals surface area contributed by atoms with Gasteiger partial charge in [0.15, 0.2) is 0 Å². The summed E-state index contributed by atoms with van der Waals surface area (Å²) >= 11 is 12.1. The van der Waals surface area contributed by atoms with E-state index in [1.165, 1.54) is 0 Å². The van der Waals surface area contributed by atoms with Crippen molar-refractivity contribution < 1.29 is 9.59 Å². The minimum Gasteiger partial charge on any atom is -0.343 e. The Balaban J connectivity index is 2.09. The van der Waals surface area contributed by atoms with Crippen LogP contribution in [0.25, 0.3) is 0 Å². The number of nitrogens with one attached hydrogen (secondary N) is 1. The van der Waals surface area contributed by atoms with Gasteiger partial charge in [0.2, 0.25) is 5.91 Å². The molecule has 24 heavy (non-hydrogen) atoms. The lowest BCUT2D eigenvalue weighted by Gasteiger charge is -2.40. The maximum absolute atomic E-state index is 12.8. The Morgan fingerprint density at radius 3 is 2.42 bits per heavy atom. The number of urea groups is 1. The summed E-state index contributed by atoms with van der Waals surface area (Å²) in [7, 11) is 0. The van der Waals surface area contributed by atoms with Crippen molar-refractivity contribution in [1.29, 1.82) is 0 Å². The first-order valence-corrected chi connectivity index (χ1v) is 8.85. The summed E-state index contributed by atoms with van der Waals surface area (Å²) in [6.45, 7) is 6.89. The van der Waals surface area contributed by atoms with Gasteiger partial charge in [0, 0.05) is 37.1 Å². The lowest BCUT2D eigenvalue weighted by Crippen LogP contribution is -2.52. The van der Waals surface area contributed by atoms with E-state index < -0.39 is 0 Å². The number of nitrogens with zero attached hydrogens (tertiary/aromatic N) is 2. The zero-order chi connectivity index (χ0) is 17.9. The lowest BCUT2D eigenvalue weighted by molar-refractivity contribution is -0.130. The number of hydrogen-bond donors (Lipinski definition) is 1. The quantitative estimate of drug-likeness (QED) is 0.863. The van der Waals surface area contributed by atoms with Crippen molar-refractivity contribution in [3.05, 3.63) is 28.2 Å². The van der Waals surface area contributed by atoms with Crippen molar-refractivity contribution in [2.45, 2.75) is 45.7 Å². The number of likely N-dealkylation sites (tertiary alicyclic amines) is 1. The highest BCUT2D eigenvalue weighted by molar-refractivity contribution is 6.35. The first kappa shape index (κ1) is 18.9. The number of carbonyl (C=O) groups excluding carboxylic acids is 2. The molecular weight excluding hydrogens is 349 g/mol. The van der Waals surface area contributed by atoms with Crippen LogP contribution in [0.5, 0.6) is 0 Å². The van der Waals surface area contributed by atoms with E-state index in [1.54, 1.807) is 25.1 Å². The Kier molecular flexibility index (Phi) is 6.35. The molecule has 3 amide bonds. The lowest BCUT2D eigenvalue weighted by atomic mass is 10.0. The van der Waals surface area contributed by atoms with Crippen LogP contribution >= 0.6 is 23.2 Å². The van der Waals surface area contributed by atoms with E-state index in [9.17, 15) is 9.59 Å². The molecule has 1 N–H and O–H groups in total. The van der Waals surface area contributed by atoms with Crippen LogP contribution in [-0.4, -0.2) is 46.9 Å². The van der Waals surface area contributed by atoms with E-state index in [-0.39, 0.29) is 24.0 Å². The molecule has 0 saturated carbocycles. The van der Waals surface area contributed by atoms with Crippen LogP contribution in [0, 0.1) is 0 Å². The van der Waals surface area contributed by atoms with E-state index in [2.05, 4.69) is 5.32 Å². The van der Waals surface area contributed by atoms with Gasteiger partial charge >= 0.3 is 6.03 Å². The normalized spacial score (nSPS) is 15.5. The molecule has 1 aliphatic rings. The average molecular weight is 372 g/mol. The van der Waals surface area contributed by atoms with Crippen molar-refractivity contribution in [1.82, 2.24) is 9.80 Å². The molecule has 1 aromatic rings. The first-order valence-electron chi connectivity index (χ1n) is 8.09. The van der Waals surface area contributed by atoms with Gasteiger partial charge in [-0.05, 0) is 44.9 Å². The van der Waals surface area contributed by atoms with Crippen LogP contribution in [0.15, 0.2) is 18.2 Å². The van der Waals surface area contributed by atoms with Crippen LogP contribution in [0.4, 0.5) is 10.5 Å². The van der Waals surface area contributed by atoms with Gasteiger partial charge in [-0.3, -0.25) is 4.79 Å². The average Bonchev–Trinajstić information content (AvgIpc) is 2.51. The fraction of sp³-hybridized carbons (Fsp3) is 0.529. The predicted octanol–water partition coefficient (Wildman–Crippen LogP) is 4.25. The minimum absolute atomic E-state index is 0.0387. The summed E-state index contributed by atoms with van der Waals surface area (Å²) in [6.07, 6.45) is 1.54. The molecule has 0 atom stereocenters. The van der Waals surface area contributed by atoms with Gasteiger partial charge in [0.05, 0.1) is 10.7 Å². The fourth-order valence-electron chi connectivity index (χ4n) is 3.05. The molecule has 0 aliphatic carbocycles. The smallest absolute Gasteiger partial charge is 0.322 e. The molecule has 0 radical (unpaired) electrons. The van der Waals surface area contributed by atoms with Gasteiger partial charge in [-0.1, -0.05) is 23.2 Å². The Morgan fingerprint density at radius 2 is 1.88 bits per heavy atom. The highest BCUT2D eigenvalue weighted by atomic mass is 35.5. The molecule has 1 saturated heterocycles. The van der Waals surface area contributed by atoms with E-state index >= 15 is 0 Å². The van der Waals surface area contributed by atoms with Gasteiger partial charge in [0.25, 0.3) is 0 Å². The second-order valence-corrected chi connectivity index (χ2v) is 7.14. The van der Waals surface area contributed by atoms with E-state index in [1.807, 2.05) is 23.6 Å². The van der Waals surface area contributed by atoms with Gasteiger partial charge in [-0.15, -0.1) is 0 Å². The molecule has 0 bridgehead atoms. The third kappa shape index (κ3) is 4.54. The topological polar surface area (TPSA) is 52.7 Å². The number of amides is 3. The minimum atomic E-state index is -0.199. The SMILES string of the molecule is CC(=O)N1CCC(N(C(=O)Nc2cc(Cl)ccc2Cl)C(C)C)CC1. The summed E-state index contributed by atoms with van der Waals surface area (Å²) in [6, 6.07) is 4.91. The zero-order valence-corrected chi connectivity index (χ0v) is 15.7. The van der Waals surface area contributed by atoms with E-state index in [0.717, 1.165) is 12.8 Å². The predicted molar refractivity (Wildman–Crippen MR) is 97.7 cm³/mol. The van der Waals surface area contributed by atoms with Crippen LogP contribution < -0.4 is 5.32 Å². The van der Waals surface area contributed by atoms with Crippen LogP contribution in [0.3, 0.4) is 0 Å². The largest absolute Gasteiger partial charge is 0.343 e. The molecule has 1 fully saturated rings. The molecule has 0 aromatic heterocycles. The Hall–Kier alpha value is -1.46. The van der Waals surface area contributed by atoms with Gasteiger partial charge in [-0.2, -0.15) is 0 Å². The van der Waals surface area contributed by atoms with E-state index in [4.69, 9.17) is 23.2 Å². The van der Waals surface area contributed by atoms with Crippen molar-refractivity contribution in [3.8, 4) is 0 Å². The molecular formula is C17H23Cl2N3O2. The fourth-order valence-corrected chi connectivity index (χ4v) is 3.39. The maximum atomic E-state index is 12.8. The number of piperidine rings is 1. The Morgan fingerprint density at radius 1 is 1.25 bits per heavy atom. The summed E-state index contributed by atoms with van der Waals surface area (Å²) in [4.78, 5) is 27.9. The molecule has 0 spiro atoms. The molecule has 5 nitrogen and oxygen atoms in total. The van der Waals surface area contributed by atoms with Gasteiger partial charge < -0.3 is 15.1 Å². The van der Waals surface area contributed by atoms with Crippen LogP contribution in [-0.2, 0) is 4.79 Å². The third-order valence-electron chi connectivity index (χ3n) is 4.26. The second kappa shape index (κ2) is 8.08. The highest BCUT2D eigenvalue weighted by Gasteiger charge is 2.30. The third-order valence-corrected chi connectivity index (χ3v) is 4.83. The van der Waals surface area contributed by atoms with Crippen molar-refractivity contribution in [2.75, 3.05) is 18.4 Å². The molecule has 1 aliphatic heterocycles. The summed E-state index contributed by atoms with van der Waals surface area (Å²) in [5.74, 6) is 0.0831. The number of anilines is 1. The van der Waals surface area contributed by atoms with Crippen molar-refractivity contribution >= 4 is 40.8 Å². The summed E-state index contributed by atoms with van der Waals surface area (Å²) in [5, 5.41) is 3.82. The van der Waals surface area contributed by atoms with Crippen LogP contribution in [0.1, 0.15) is 33.6 Å². The molecule has 0 unspecified atom stereocenters. The number of rotatable bonds is 3. The summed E-state index contributed by atoms with van der Waals surface area (Å²) in [5.41, 5.74) is 0.501. The maximum Gasteiger partial charge on any atom is 0.322 e. The molecule has 1 heterocycles. The van der Waals surface area contributed by atoms with E-state index in [0.29, 0.717) is 28.8 Å². The molecule has 2 rings (SSSR count). The van der Waals surface area contributed by atoms with Crippen LogP contribution in [0.2, 0.25) is 10.0 Å². The zero-order valence-electron chi connectivity index (χ0n) is 14.2. The first-order chi connectivity index (χ1) is 11.3. The highest BCUT2D eigenvalue weighted by Crippen LogP contribution is 2.27. The Bertz CT molecular complexity index is 614.